The van der Waals surface area contributed by atoms with E-state index < -0.39 is 0 Å². The van der Waals surface area contributed by atoms with E-state index in [0.29, 0.717) is 17.7 Å². The van der Waals surface area contributed by atoms with Crippen molar-refractivity contribution in [1.82, 2.24) is 9.97 Å². The highest BCUT2D eigenvalue weighted by molar-refractivity contribution is 6.17. The molecule has 5 heteroatoms. The minimum atomic E-state index is 0.109. The summed E-state index contributed by atoms with van der Waals surface area (Å²) in [5.74, 6) is 1.95. The fraction of sp³-hybridized carbons (Fsp3) is 0.733. The molecule has 20 heavy (non-hydrogen) atoms. The second-order valence-corrected chi connectivity index (χ2v) is 6.53. The van der Waals surface area contributed by atoms with Gasteiger partial charge in [0.25, 0.3) is 0 Å². The lowest BCUT2D eigenvalue weighted by atomic mass is 9.88. The van der Waals surface area contributed by atoms with E-state index >= 15 is 0 Å². The summed E-state index contributed by atoms with van der Waals surface area (Å²) in [6.07, 6.45) is 2.20. The summed E-state index contributed by atoms with van der Waals surface area (Å²) in [7, 11) is 0. The van der Waals surface area contributed by atoms with E-state index in [1.165, 1.54) is 0 Å². The Morgan fingerprint density at radius 2 is 2.05 bits per heavy atom. The fourth-order valence-corrected chi connectivity index (χ4v) is 2.01. The van der Waals surface area contributed by atoms with Gasteiger partial charge in [-0.1, -0.05) is 13.8 Å². The molecule has 0 saturated heterocycles. The third kappa shape index (κ3) is 6.42. The summed E-state index contributed by atoms with van der Waals surface area (Å²) >= 11 is 5.75. The van der Waals surface area contributed by atoms with Crippen LogP contribution in [0.3, 0.4) is 0 Å². The number of ether oxygens (including phenoxy) is 1. The fourth-order valence-electron chi connectivity index (χ4n) is 1.87. The van der Waals surface area contributed by atoms with Crippen LogP contribution in [0.2, 0.25) is 0 Å². The number of hydrogen-bond donors (Lipinski definition) is 1. The average molecular weight is 300 g/mol. The summed E-state index contributed by atoms with van der Waals surface area (Å²) in [6, 6.07) is 1.85. The van der Waals surface area contributed by atoms with Crippen LogP contribution in [-0.2, 0) is 0 Å². The Kier molecular flexibility index (Phi) is 6.53. The Balaban J connectivity index is 2.65. The Labute approximate surface area is 127 Å². The van der Waals surface area contributed by atoms with Crippen molar-refractivity contribution in [2.75, 3.05) is 17.7 Å². The Morgan fingerprint density at radius 1 is 1.35 bits per heavy atom. The minimum absolute atomic E-state index is 0.109. The monoisotopic (exact) mass is 299 g/mol. The smallest absolute Gasteiger partial charge is 0.226 e. The number of aromatic nitrogens is 2. The van der Waals surface area contributed by atoms with Crippen molar-refractivity contribution in [3.8, 4) is 5.88 Å². The zero-order valence-corrected chi connectivity index (χ0v) is 13.9. The third-order valence-electron chi connectivity index (χ3n) is 2.90. The lowest BCUT2D eigenvalue weighted by Crippen LogP contribution is -2.24. The van der Waals surface area contributed by atoms with E-state index in [1.54, 1.807) is 0 Å². The van der Waals surface area contributed by atoms with Gasteiger partial charge in [-0.2, -0.15) is 4.98 Å². The van der Waals surface area contributed by atoms with Gasteiger partial charge in [0.15, 0.2) is 0 Å². The van der Waals surface area contributed by atoms with Gasteiger partial charge in [0.05, 0.1) is 6.10 Å². The molecule has 0 spiro atoms. The summed E-state index contributed by atoms with van der Waals surface area (Å²) in [6.45, 7) is 11.2. The third-order valence-corrected chi connectivity index (χ3v) is 3.17. The van der Waals surface area contributed by atoms with Gasteiger partial charge in [0.2, 0.25) is 11.8 Å². The van der Waals surface area contributed by atoms with Gasteiger partial charge in [0, 0.05) is 24.2 Å². The first-order chi connectivity index (χ1) is 9.32. The Morgan fingerprint density at radius 3 is 2.65 bits per heavy atom. The van der Waals surface area contributed by atoms with Crippen molar-refractivity contribution >= 4 is 17.5 Å². The second kappa shape index (κ2) is 7.67. The minimum Gasteiger partial charge on any atom is -0.475 e. The highest BCUT2D eigenvalue weighted by atomic mass is 35.5. The number of nitrogens with zero attached hydrogens (tertiary/aromatic N) is 2. The largest absolute Gasteiger partial charge is 0.475 e. The molecule has 0 aliphatic carbocycles. The molecule has 0 aliphatic rings. The van der Waals surface area contributed by atoms with E-state index in [2.05, 4.69) is 29.1 Å². The molecule has 0 unspecified atom stereocenters. The molecule has 0 fully saturated rings. The van der Waals surface area contributed by atoms with Crippen LogP contribution in [0.4, 0.5) is 5.95 Å². The van der Waals surface area contributed by atoms with Gasteiger partial charge >= 0.3 is 0 Å². The summed E-state index contributed by atoms with van der Waals surface area (Å²) in [5, 5.41) is 3.30. The maximum absolute atomic E-state index is 5.75. The standard InChI is InChI=1S/C15H26ClN3O/c1-11(2)20-13-9-12(3)18-14(19-13)17-10-15(4,5)7-6-8-16/h9,11H,6-8,10H2,1-5H3,(H,17,18,19). The summed E-state index contributed by atoms with van der Waals surface area (Å²) < 4.78 is 5.62. The summed E-state index contributed by atoms with van der Waals surface area (Å²) in [4.78, 5) is 8.78. The lowest BCUT2D eigenvalue weighted by molar-refractivity contribution is 0.232. The lowest BCUT2D eigenvalue weighted by Gasteiger charge is -2.24. The van der Waals surface area contributed by atoms with Gasteiger partial charge in [0.1, 0.15) is 0 Å². The predicted octanol–water partition coefficient (Wildman–Crippen LogP) is 4.03. The molecule has 0 saturated carbocycles. The van der Waals surface area contributed by atoms with Crippen LogP contribution in [0.25, 0.3) is 0 Å². The molecule has 0 aromatic carbocycles. The molecular weight excluding hydrogens is 274 g/mol. The first-order valence-corrected chi connectivity index (χ1v) is 7.68. The van der Waals surface area contributed by atoms with Crippen molar-refractivity contribution in [2.24, 2.45) is 5.41 Å². The van der Waals surface area contributed by atoms with Crippen LogP contribution in [0.1, 0.15) is 46.2 Å². The first kappa shape index (κ1) is 17.0. The van der Waals surface area contributed by atoms with Crippen molar-refractivity contribution in [3.05, 3.63) is 11.8 Å². The van der Waals surface area contributed by atoms with E-state index in [0.717, 1.165) is 25.1 Å². The van der Waals surface area contributed by atoms with E-state index in [-0.39, 0.29) is 11.5 Å². The topological polar surface area (TPSA) is 47.0 Å². The normalized spacial score (nSPS) is 11.8. The zero-order valence-electron chi connectivity index (χ0n) is 13.2. The number of anilines is 1. The number of hydrogen-bond acceptors (Lipinski definition) is 4. The van der Waals surface area contributed by atoms with E-state index in [9.17, 15) is 0 Å². The molecule has 0 amide bonds. The highest BCUT2D eigenvalue weighted by Crippen LogP contribution is 2.23. The first-order valence-electron chi connectivity index (χ1n) is 7.14. The second-order valence-electron chi connectivity index (χ2n) is 6.15. The molecule has 114 valence electrons. The molecule has 1 N–H and O–H groups in total. The molecular formula is C15H26ClN3O. The van der Waals surface area contributed by atoms with Crippen molar-refractivity contribution in [2.45, 2.75) is 53.6 Å². The summed E-state index contributed by atoms with van der Waals surface area (Å²) in [5.41, 5.74) is 1.07. The van der Waals surface area contributed by atoms with E-state index in [1.807, 2.05) is 26.8 Å². The number of aryl methyl sites for hydroxylation is 1. The highest BCUT2D eigenvalue weighted by Gasteiger charge is 2.17. The molecule has 0 bridgehead atoms. The Bertz CT molecular complexity index is 422. The SMILES string of the molecule is Cc1cc(OC(C)C)nc(NCC(C)(C)CCCCl)n1. The van der Waals surface area contributed by atoms with Crippen LogP contribution < -0.4 is 10.1 Å². The van der Waals surface area contributed by atoms with Crippen LogP contribution in [0, 0.1) is 12.3 Å². The van der Waals surface area contributed by atoms with Crippen LogP contribution in [0.15, 0.2) is 6.07 Å². The maximum Gasteiger partial charge on any atom is 0.226 e. The van der Waals surface area contributed by atoms with Crippen molar-refractivity contribution in [3.63, 3.8) is 0 Å². The number of nitrogens with one attached hydrogen (secondary N) is 1. The zero-order chi connectivity index (χ0) is 15.2. The van der Waals surface area contributed by atoms with E-state index in [4.69, 9.17) is 16.3 Å². The maximum atomic E-state index is 5.75. The average Bonchev–Trinajstić information content (AvgIpc) is 2.33. The molecule has 0 radical (unpaired) electrons. The van der Waals surface area contributed by atoms with Gasteiger partial charge in [-0.3, -0.25) is 0 Å². The molecule has 4 nitrogen and oxygen atoms in total. The van der Waals surface area contributed by atoms with Gasteiger partial charge < -0.3 is 10.1 Å². The quantitative estimate of drug-likeness (QED) is 0.736. The van der Waals surface area contributed by atoms with Crippen LogP contribution >= 0.6 is 11.6 Å². The van der Waals surface area contributed by atoms with Gasteiger partial charge in [-0.25, -0.2) is 4.98 Å². The molecule has 1 rings (SSSR count). The van der Waals surface area contributed by atoms with Gasteiger partial charge in [-0.05, 0) is 39.0 Å². The van der Waals surface area contributed by atoms with Crippen LogP contribution in [0.5, 0.6) is 5.88 Å². The van der Waals surface area contributed by atoms with Gasteiger partial charge in [-0.15, -0.1) is 11.6 Å². The molecule has 0 atom stereocenters. The molecule has 1 aromatic heterocycles. The number of rotatable bonds is 8. The molecule has 1 aromatic rings. The molecule has 0 aliphatic heterocycles. The number of alkyl halides is 1. The molecule has 1 heterocycles. The Hall–Kier alpha value is -1.03. The number of halogens is 1. The predicted molar refractivity (Wildman–Crippen MR) is 84.8 cm³/mol. The van der Waals surface area contributed by atoms with Crippen molar-refractivity contribution < 1.29 is 4.74 Å². The van der Waals surface area contributed by atoms with Crippen LogP contribution in [-0.4, -0.2) is 28.5 Å². The van der Waals surface area contributed by atoms with Crippen molar-refractivity contribution in [1.29, 1.82) is 0 Å².